The molecular formula is C24H13BO3. The predicted octanol–water partition coefficient (Wildman–Crippen LogP) is 4.31. The first kappa shape index (κ1) is 14.4. The molecule has 5 aromatic rings. The highest BCUT2D eigenvalue weighted by Gasteiger charge is 2.40. The fraction of sp³-hybridized carbons (Fsp3) is 0. The van der Waals surface area contributed by atoms with E-state index < -0.39 is 0 Å². The van der Waals surface area contributed by atoms with E-state index in [2.05, 4.69) is 30.3 Å². The van der Waals surface area contributed by atoms with Crippen LogP contribution in [-0.2, 0) is 0 Å². The lowest BCUT2D eigenvalue weighted by atomic mass is 9.35. The molecule has 4 aromatic carbocycles. The molecule has 130 valence electrons. The molecule has 0 fully saturated rings. The van der Waals surface area contributed by atoms with Gasteiger partial charge in [-0.2, -0.15) is 0 Å². The molecule has 4 heteroatoms. The molecule has 7 rings (SSSR count). The van der Waals surface area contributed by atoms with Crippen LogP contribution in [0.25, 0.3) is 21.9 Å². The van der Waals surface area contributed by atoms with Crippen LogP contribution in [0, 0.1) is 0 Å². The monoisotopic (exact) mass is 360 g/mol. The fourth-order valence-corrected chi connectivity index (χ4v) is 4.62. The van der Waals surface area contributed by atoms with Gasteiger partial charge in [-0.1, -0.05) is 54.6 Å². The summed E-state index contributed by atoms with van der Waals surface area (Å²) in [6.45, 7) is 0.0671. The van der Waals surface area contributed by atoms with Crippen molar-refractivity contribution in [1.29, 1.82) is 0 Å². The van der Waals surface area contributed by atoms with Gasteiger partial charge >= 0.3 is 0 Å². The molecule has 0 saturated heterocycles. The van der Waals surface area contributed by atoms with Crippen molar-refractivity contribution in [3.05, 3.63) is 78.9 Å². The summed E-state index contributed by atoms with van der Waals surface area (Å²) in [4.78, 5) is 0. The molecule has 0 saturated carbocycles. The average Bonchev–Trinajstić information content (AvgIpc) is 3.13. The van der Waals surface area contributed by atoms with Gasteiger partial charge in [0, 0.05) is 16.2 Å². The third-order valence-corrected chi connectivity index (χ3v) is 5.82. The largest absolute Gasteiger partial charge is 0.458 e. The van der Waals surface area contributed by atoms with Gasteiger partial charge in [-0.05, 0) is 35.2 Å². The molecular weight excluding hydrogens is 347 g/mol. The summed E-state index contributed by atoms with van der Waals surface area (Å²) in [5.41, 5.74) is 5.04. The Bertz CT molecular complexity index is 1430. The lowest BCUT2D eigenvalue weighted by molar-refractivity contribution is 0.461. The van der Waals surface area contributed by atoms with Gasteiger partial charge in [-0.15, -0.1) is 0 Å². The van der Waals surface area contributed by atoms with E-state index in [0.717, 1.165) is 61.3 Å². The highest BCUT2D eigenvalue weighted by molar-refractivity contribution is 6.98. The molecule has 3 heterocycles. The predicted molar refractivity (Wildman–Crippen MR) is 111 cm³/mol. The number of benzene rings is 4. The molecule has 1 aromatic heterocycles. The summed E-state index contributed by atoms with van der Waals surface area (Å²) in [5, 5.41) is 2.19. The third kappa shape index (κ3) is 1.70. The first-order valence-corrected chi connectivity index (χ1v) is 9.40. The maximum absolute atomic E-state index is 6.41. The van der Waals surface area contributed by atoms with Gasteiger partial charge in [0.1, 0.15) is 22.8 Å². The van der Waals surface area contributed by atoms with Gasteiger partial charge in [0.25, 0.3) is 6.71 Å². The Morgan fingerprint density at radius 1 is 0.571 bits per heavy atom. The van der Waals surface area contributed by atoms with Crippen LogP contribution in [0.1, 0.15) is 0 Å². The van der Waals surface area contributed by atoms with Gasteiger partial charge in [0.15, 0.2) is 11.3 Å². The van der Waals surface area contributed by atoms with E-state index in [4.69, 9.17) is 13.9 Å². The molecule has 0 amide bonds. The summed E-state index contributed by atoms with van der Waals surface area (Å²) in [6.07, 6.45) is 0. The van der Waals surface area contributed by atoms with E-state index >= 15 is 0 Å². The second kappa shape index (κ2) is 4.99. The first-order valence-electron chi connectivity index (χ1n) is 9.40. The Morgan fingerprint density at radius 3 is 2.32 bits per heavy atom. The van der Waals surface area contributed by atoms with Crippen molar-refractivity contribution < 1.29 is 13.9 Å². The minimum Gasteiger partial charge on any atom is -0.458 e. The van der Waals surface area contributed by atoms with Crippen molar-refractivity contribution in [2.75, 3.05) is 0 Å². The molecule has 0 N–H and O–H groups in total. The van der Waals surface area contributed by atoms with Crippen LogP contribution in [-0.4, -0.2) is 6.71 Å². The number of hydrogen-bond donors (Lipinski definition) is 0. The van der Waals surface area contributed by atoms with Crippen molar-refractivity contribution in [2.24, 2.45) is 0 Å². The number of ether oxygens (including phenoxy) is 2. The maximum atomic E-state index is 6.41. The van der Waals surface area contributed by atoms with Gasteiger partial charge in [-0.3, -0.25) is 0 Å². The number of hydrogen-bond acceptors (Lipinski definition) is 3. The van der Waals surface area contributed by atoms with Crippen molar-refractivity contribution in [3.63, 3.8) is 0 Å². The van der Waals surface area contributed by atoms with Crippen molar-refractivity contribution in [3.8, 4) is 23.0 Å². The zero-order valence-electron chi connectivity index (χ0n) is 14.8. The van der Waals surface area contributed by atoms with Crippen molar-refractivity contribution >= 4 is 45.0 Å². The van der Waals surface area contributed by atoms with Gasteiger partial charge in [0.05, 0.1) is 0 Å². The van der Waals surface area contributed by atoms with Crippen LogP contribution < -0.4 is 25.9 Å². The maximum Gasteiger partial charge on any atom is 0.260 e. The molecule has 0 bridgehead atoms. The lowest BCUT2D eigenvalue weighted by Crippen LogP contribution is -2.57. The number of para-hydroxylation sites is 2. The summed E-state index contributed by atoms with van der Waals surface area (Å²) in [7, 11) is 0. The fourth-order valence-electron chi connectivity index (χ4n) is 4.62. The Labute approximate surface area is 161 Å². The average molecular weight is 360 g/mol. The van der Waals surface area contributed by atoms with Crippen LogP contribution in [0.2, 0.25) is 0 Å². The topological polar surface area (TPSA) is 31.6 Å². The van der Waals surface area contributed by atoms with Crippen LogP contribution in [0.15, 0.2) is 83.3 Å². The van der Waals surface area contributed by atoms with Crippen LogP contribution in [0.3, 0.4) is 0 Å². The summed E-state index contributed by atoms with van der Waals surface area (Å²) >= 11 is 0. The summed E-state index contributed by atoms with van der Waals surface area (Å²) in [5.74, 6) is 3.39. The van der Waals surface area contributed by atoms with E-state index in [1.54, 1.807) is 0 Å². The van der Waals surface area contributed by atoms with Crippen LogP contribution in [0.4, 0.5) is 0 Å². The third-order valence-electron chi connectivity index (χ3n) is 5.82. The second-order valence-corrected chi connectivity index (χ2v) is 7.30. The zero-order valence-corrected chi connectivity index (χ0v) is 14.8. The van der Waals surface area contributed by atoms with Crippen molar-refractivity contribution in [2.45, 2.75) is 0 Å². The molecule has 0 aliphatic carbocycles. The van der Waals surface area contributed by atoms with E-state index in [-0.39, 0.29) is 6.71 Å². The Morgan fingerprint density at radius 2 is 1.36 bits per heavy atom. The Hall–Kier alpha value is -3.66. The van der Waals surface area contributed by atoms with Crippen molar-refractivity contribution in [1.82, 2.24) is 0 Å². The van der Waals surface area contributed by atoms with E-state index in [9.17, 15) is 0 Å². The molecule has 2 aliphatic rings. The summed E-state index contributed by atoms with van der Waals surface area (Å²) < 4.78 is 18.8. The highest BCUT2D eigenvalue weighted by Crippen LogP contribution is 2.40. The normalized spacial score (nSPS) is 13.5. The molecule has 0 spiro atoms. The molecule has 0 radical (unpaired) electrons. The Balaban J connectivity index is 1.60. The highest BCUT2D eigenvalue weighted by atomic mass is 16.5. The lowest BCUT2D eigenvalue weighted by Gasteiger charge is -2.32. The number of rotatable bonds is 0. The Kier molecular flexibility index (Phi) is 2.57. The van der Waals surface area contributed by atoms with E-state index in [1.165, 1.54) is 0 Å². The standard InChI is InChI=1S/C24H13BO3/c1-3-8-18-14(6-1)15-12-13-17-24(23(15)27-18)28-21-11-5-10-20-22(21)25(17)16-7-2-4-9-19(16)26-20/h1-13H. The summed E-state index contributed by atoms with van der Waals surface area (Å²) in [6, 6.07) is 26.7. The molecule has 2 aliphatic heterocycles. The minimum atomic E-state index is 0.0671. The molecule has 28 heavy (non-hydrogen) atoms. The molecule has 0 unspecified atom stereocenters. The SMILES string of the molecule is c1ccc2c(c1)Oc1cccc3c1B2c1ccc2c(oc4ccccc42)c1O3. The van der Waals surface area contributed by atoms with E-state index in [1.807, 2.05) is 48.5 Å². The van der Waals surface area contributed by atoms with Gasteiger partial charge in [-0.25, -0.2) is 0 Å². The minimum absolute atomic E-state index is 0.0671. The second-order valence-electron chi connectivity index (χ2n) is 7.30. The first-order chi connectivity index (χ1) is 13.9. The van der Waals surface area contributed by atoms with Gasteiger partial charge < -0.3 is 13.9 Å². The molecule has 3 nitrogen and oxygen atoms in total. The van der Waals surface area contributed by atoms with Crippen LogP contribution in [0.5, 0.6) is 23.0 Å². The van der Waals surface area contributed by atoms with Crippen LogP contribution >= 0.6 is 0 Å². The number of fused-ring (bicyclic) bond motifs is 8. The zero-order chi connectivity index (χ0) is 18.2. The molecule has 0 atom stereocenters. The quantitative estimate of drug-likeness (QED) is 0.378. The van der Waals surface area contributed by atoms with Gasteiger partial charge in [0.2, 0.25) is 0 Å². The smallest absolute Gasteiger partial charge is 0.260 e. The number of furan rings is 1. The van der Waals surface area contributed by atoms with E-state index in [0.29, 0.717) is 0 Å².